The van der Waals surface area contributed by atoms with Gasteiger partial charge in [-0.15, -0.1) is 0 Å². The predicted molar refractivity (Wildman–Crippen MR) is 72.8 cm³/mol. The van der Waals surface area contributed by atoms with Crippen molar-refractivity contribution in [1.82, 2.24) is 9.97 Å². The number of ether oxygens (including phenoxy) is 1. The first-order valence-electron chi connectivity index (χ1n) is 6.24. The number of halogens is 1. The van der Waals surface area contributed by atoms with Gasteiger partial charge in [-0.2, -0.15) is 0 Å². The van der Waals surface area contributed by atoms with E-state index in [9.17, 15) is 4.39 Å². The molecular formula is C14H13FN4O. The third kappa shape index (κ3) is 2.97. The molecule has 0 radical (unpaired) electrons. The molecule has 0 unspecified atom stereocenters. The third-order valence-corrected chi connectivity index (χ3v) is 2.85. The molecule has 6 heteroatoms. The van der Waals surface area contributed by atoms with Gasteiger partial charge in [0.2, 0.25) is 0 Å². The zero-order valence-corrected chi connectivity index (χ0v) is 10.7. The maximum atomic E-state index is 13.0. The van der Waals surface area contributed by atoms with Gasteiger partial charge in [-0.1, -0.05) is 12.1 Å². The monoisotopic (exact) mass is 272 g/mol. The highest BCUT2D eigenvalue weighted by Gasteiger charge is 2.13. The minimum Gasteiger partial charge on any atom is -0.369 e. The smallest absolute Gasteiger partial charge is 0.155 e. The number of aliphatic imine (C=N–C) groups is 1. The summed E-state index contributed by atoms with van der Waals surface area (Å²) in [5.41, 5.74) is 1.61. The van der Waals surface area contributed by atoms with Crippen LogP contribution in [0.3, 0.4) is 0 Å². The van der Waals surface area contributed by atoms with Crippen molar-refractivity contribution in [2.45, 2.75) is 13.2 Å². The van der Waals surface area contributed by atoms with Crippen LogP contribution in [0.15, 0.2) is 41.7 Å². The van der Waals surface area contributed by atoms with Gasteiger partial charge in [0.25, 0.3) is 0 Å². The Bertz CT molecular complexity index is 645. The fourth-order valence-electron chi connectivity index (χ4n) is 1.91. The molecular weight excluding hydrogens is 259 g/mol. The second-order valence-electron chi connectivity index (χ2n) is 4.36. The minimum absolute atomic E-state index is 0.261. The van der Waals surface area contributed by atoms with Gasteiger partial charge in [-0.05, 0) is 17.7 Å². The van der Waals surface area contributed by atoms with Gasteiger partial charge in [0, 0.05) is 12.4 Å². The van der Waals surface area contributed by atoms with E-state index in [-0.39, 0.29) is 5.82 Å². The number of anilines is 1. The highest BCUT2D eigenvalue weighted by Crippen LogP contribution is 2.14. The lowest BCUT2D eigenvalue weighted by Crippen LogP contribution is -2.24. The Morgan fingerprint density at radius 1 is 1.20 bits per heavy atom. The van der Waals surface area contributed by atoms with E-state index in [1.54, 1.807) is 18.5 Å². The number of fused-ring (bicyclic) bond motifs is 1. The zero-order valence-electron chi connectivity index (χ0n) is 10.7. The van der Waals surface area contributed by atoms with Crippen LogP contribution in [-0.2, 0) is 17.9 Å². The van der Waals surface area contributed by atoms with Crippen molar-refractivity contribution in [3.05, 3.63) is 53.7 Å². The first-order valence-corrected chi connectivity index (χ1v) is 6.24. The van der Waals surface area contributed by atoms with Crippen LogP contribution in [0.25, 0.3) is 0 Å². The van der Waals surface area contributed by atoms with E-state index in [0.717, 1.165) is 11.3 Å². The molecule has 1 aliphatic rings. The lowest BCUT2D eigenvalue weighted by molar-refractivity contribution is 0.157. The van der Waals surface area contributed by atoms with Crippen LogP contribution < -0.4 is 5.32 Å². The SMILES string of the molecule is Fc1cccc(COCC2=NCc3nccnc3N2)c1. The number of amidine groups is 1. The van der Waals surface area contributed by atoms with E-state index in [2.05, 4.69) is 20.3 Å². The Labute approximate surface area is 115 Å². The van der Waals surface area contributed by atoms with Gasteiger partial charge < -0.3 is 10.1 Å². The molecule has 1 N–H and O–H groups in total. The van der Waals surface area contributed by atoms with Crippen LogP contribution in [0.1, 0.15) is 11.3 Å². The molecule has 2 aromatic rings. The lowest BCUT2D eigenvalue weighted by Gasteiger charge is -2.16. The van der Waals surface area contributed by atoms with Gasteiger partial charge in [0.15, 0.2) is 5.82 Å². The van der Waals surface area contributed by atoms with Crippen molar-refractivity contribution < 1.29 is 9.13 Å². The standard InChI is InChI=1S/C14H13FN4O/c15-11-3-1-2-10(6-11)8-20-9-13-18-7-12-14(19-13)17-5-4-16-12/h1-6H,7-9H2,(H,17,18,19). The summed E-state index contributed by atoms with van der Waals surface area (Å²) in [6.07, 6.45) is 3.27. The maximum Gasteiger partial charge on any atom is 0.155 e. The van der Waals surface area contributed by atoms with Crippen molar-refractivity contribution in [3.63, 3.8) is 0 Å². The number of nitrogens with zero attached hydrogens (tertiary/aromatic N) is 3. The van der Waals surface area contributed by atoms with Crippen LogP contribution in [0.4, 0.5) is 10.2 Å². The summed E-state index contributed by atoms with van der Waals surface area (Å²) in [5.74, 6) is 1.16. The van der Waals surface area contributed by atoms with Gasteiger partial charge in [-0.25, -0.2) is 9.37 Å². The van der Waals surface area contributed by atoms with Gasteiger partial charge in [-0.3, -0.25) is 9.98 Å². The summed E-state index contributed by atoms with van der Waals surface area (Å²) < 4.78 is 18.5. The zero-order chi connectivity index (χ0) is 13.8. The van der Waals surface area contributed by atoms with Crippen LogP contribution >= 0.6 is 0 Å². The molecule has 1 aliphatic heterocycles. The van der Waals surface area contributed by atoms with E-state index < -0.39 is 0 Å². The molecule has 0 bridgehead atoms. The number of rotatable bonds is 4. The van der Waals surface area contributed by atoms with Crippen molar-refractivity contribution in [1.29, 1.82) is 0 Å². The lowest BCUT2D eigenvalue weighted by atomic mass is 10.2. The molecule has 0 saturated heterocycles. The van der Waals surface area contributed by atoms with E-state index in [1.807, 2.05) is 6.07 Å². The molecule has 0 aliphatic carbocycles. The van der Waals surface area contributed by atoms with Crippen LogP contribution in [0.2, 0.25) is 0 Å². The second kappa shape index (κ2) is 5.75. The number of hydrogen-bond donors (Lipinski definition) is 1. The molecule has 0 fully saturated rings. The number of nitrogens with one attached hydrogen (secondary N) is 1. The Morgan fingerprint density at radius 3 is 3.00 bits per heavy atom. The average Bonchev–Trinajstić information content (AvgIpc) is 2.47. The van der Waals surface area contributed by atoms with E-state index in [1.165, 1.54) is 12.1 Å². The molecule has 2 heterocycles. The van der Waals surface area contributed by atoms with Crippen LogP contribution in [0, 0.1) is 5.82 Å². The molecule has 0 atom stereocenters. The molecule has 1 aromatic carbocycles. The Balaban J connectivity index is 1.54. The summed E-state index contributed by atoms with van der Waals surface area (Å²) in [7, 11) is 0. The van der Waals surface area contributed by atoms with Gasteiger partial charge in [0.05, 0.1) is 13.2 Å². The Morgan fingerprint density at radius 2 is 2.10 bits per heavy atom. The predicted octanol–water partition coefficient (Wildman–Crippen LogP) is 2.16. The third-order valence-electron chi connectivity index (χ3n) is 2.85. The van der Waals surface area contributed by atoms with Crippen molar-refractivity contribution in [3.8, 4) is 0 Å². The highest BCUT2D eigenvalue weighted by atomic mass is 19.1. The first-order chi connectivity index (χ1) is 9.81. The van der Waals surface area contributed by atoms with Crippen LogP contribution in [-0.4, -0.2) is 22.4 Å². The van der Waals surface area contributed by atoms with Crippen LogP contribution in [0.5, 0.6) is 0 Å². The Hall–Kier alpha value is -2.34. The molecule has 1 aromatic heterocycles. The van der Waals surface area contributed by atoms with E-state index in [0.29, 0.717) is 31.4 Å². The summed E-state index contributed by atoms with van der Waals surface area (Å²) in [6.45, 7) is 1.16. The fourth-order valence-corrected chi connectivity index (χ4v) is 1.91. The topological polar surface area (TPSA) is 59.4 Å². The summed E-state index contributed by atoms with van der Waals surface area (Å²) >= 11 is 0. The molecule has 0 amide bonds. The molecule has 102 valence electrons. The first kappa shape index (κ1) is 12.7. The van der Waals surface area contributed by atoms with Crippen molar-refractivity contribution in [2.24, 2.45) is 4.99 Å². The molecule has 5 nitrogen and oxygen atoms in total. The van der Waals surface area contributed by atoms with Gasteiger partial charge in [0.1, 0.15) is 24.0 Å². The summed E-state index contributed by atoms with van der Waals surface area (Å²) in [4.78, 5) is 12.7. The van der Waals surface area contributed by atoms with E-state index >= 15 is 0 Å². The second-order valence-corrected chi connectivity index (χ2v) is 4.36. The maximum absolute atomic E-state index is 13.0. The molecule has 0 saturated carbocycles. The summed E-state index contributed by atoms with van der Waals surface area (Å²) in [6, 6.07) is 6.35. The van der Waals surface area contributed by atoms with Crippen molar-refractivity contribution >= 4 is 11.7 Å². The number of aromatic nitrogens is 2. The van der Waals surface area contributed by atoms with Gasteiger partial charge >= 0.3 is 0 Å². The van der Waals surface area contributed by atoms with E-state index in [4.69, 9.17) is 4.74 Å². The molecule has 20 heavy (non-hydrogen) atoms. The molecule has 0 spiro atoms. The average molecular weight is 272 g/mol. The molecule has 3 rings (SSSR count). The number of hydrogen-bond acceptors (Lipinski definition) is 5. The van der Waals surface area contributed by atoms with Crippen molar-refractivity contribution in [2.75, 3.05) is 11.9 Å². The largest absolute Gasteiger partial charge is 0.369 e. The number of benzene rings is 1. The summed E-state index contributed by atoms with van der Waals surface area (Å²) in [5, 5.41) is 3.07. The Kier molecular flexibility index (Phi) is 3.64. The highest BCUT2D eigenvalue weighted by molar-refractivity contribution is 5.97. The minimum atomic E-state index is -0.261. The normalized spacial score (nSPS) is 13.3. The quantitative estimate of drug-likeness (QED) is 0.926. The fraction of sp³-hybridized carbons (Fsp3) is 0.214.